The van der Waals surface area contributed by atoms with Gasteiger partial charge in [-0.05, 0) is 49.3 Å². The molecule has 1 saturated heterocycles. The van der Waals surface area contributed by atoms with E-state index in [0.29, 0.717) is 5.56 Å². The molecule has 2 aromatic carbocycles. The quantitative estimate of drug-likeness (QED) is 0.313. The summed E-state index contributed by atoms with van der Waals surface area (Å²) in [7, 11) is 0. The van der Waals surface area contributed by atoms with Crippen LogP contribution in [-0.4, -0.2) is 42.1 Å². The molecule has 4 nitrogen and oxygen atoms in total. The van der Waals surface area contributed by atoms with Gasteiger partial charge in [-0.25, -0.2) is 17.6 Å². The third-order valence-electron chi connectivity index (χ3n) is 5.06. The van der Waals surface area contributed by atoms with Gasteiger partial charge in [0.15, 0.2) is 28.4 Å². The monoisotopic (exact) mass is 459 g/mol. The number of thiocarbonyl (C=S) groups is 1. The summed E-state index contributed by atoms with van der Waals surface area (Å²) in [6.45, 7) is 4.28. The van der Waals surface area contributed by atoms with E-state index in [2.05, 4.69) is 5.32 Å². The van der Waals surface area contributed by atoms with Crippen molar-refractivity contribution in [3.63, 3.8) is 0 Å². The van der Waals surface area contributed by atoms with Crippen LogP contribution in [0, 0.1) is 37.1 Å². The van der Waals surface area contributed by atoms with Crippen molar-refractivity contribution in [3.8, 4) is 0 Å². The molecule has 0 unspecified atom stereocenters. The Morgan fingerprint density at radius 1 is 0.967 bits per heavy atom. The van der Waals surface area contributed by atoms with Gasteiger partial charge in [-0.1, -0.05) is 17.7 Å². The molecule has 160 valence electrons. The minimum absolute atomic E-state index is 0.0357. The lowest BCUT2D eigenvalue weighted by Crippen LogP contribution is -2.53. The van der Waals surface area contributed by atoms with Crippen LogP contribution in [0.1, 0.15) is 21.5 Å². The zero-order valence-corrected chi connectivity index (χ0v) is 17.7. The van der Waals surface area contributed by atoms with E-state index in [1.165, 1.54) is 4.90 Å². The molecule has 0 atom stereocenters. The highest BCUT2D eigenvalue weighted by Crippen LogP contribution is 2.33. The molecule has 1 aliphatic rings. The van der Waals surface area contributed by atoms with Crippen molar-refractivity contribution in [3.05, 3.63) is 63.2 Å². The molecule has 1 aliphatic heterocycles. The highest BCUT2D eigenvalue weighted by molar-refractivity contribution is 7.80. The second kappa shape index (κ2) is 8.77. The van der Waals surface area contributed by atoms with E-state index in [4.69, 9.17) is 23.8 Å². The van der Waals surface area contributed by atoms with Gasteiger partial charge in [0, 0.05) is 31.7 Å². The van der Waals surface area contributed by atoms with Crippen LogP contribution in [0.5, 0.6) is 0 Å². The normalized spacial score (nSPS) is 14.1. The van der Waals surface area contributed by atoms with Crippen LogP contribution >= 0.6 is 23.8 Å². The summed E-state index contributed by atoms with van der Waals surface area (Å²) in [6, 6.07) is 5.27. The molecule has 0 radical (unpaired) electrons. The number of benzene rings is 2. The van der Waals surface area contributed by atoms with Gasteiger partial charge in [-0.3, -0.25) is 10.1 Å². The lowest BCUT2D eigenvalue weighted by Gasteiger charge is -2.37. The Labute approximate surface area is 181 Å². The van der Waals surface area contributed by atoms with Crippen LogP contribution in [-0.2, 0) is 0 Å². The molecule has 1 amide bonds. The molecule has 1 N–H and O–H groups in total. The summed E-state index contributed by atoms with van der Waals surface area (Å²) in [5.41, 5.74) is 1.67. The molecule has 1 heterocycles. The van der Waals surface area contributed by atoms with E-state index < -0.39 is 34.0 Å². The summed E-state index contributed by atoms with van der Waals surface area (Å²) in [6.07, 6.45) is 0. The number of amides is 1. The van der Waals surface area contributed by atoms with Crippen LogP contribution in [0.4, 0.5) is 23.2 Å². The Morgan fingerprint density at radius 2 is 1.53 bits per heavy atom. The third kappa shape index (κ3) is 4.22. The zero-order chi connectivity index (χ0) is 22.2. The Bertz CT molecular complexity index is 997. The SMILES string of the molecule is Cc1ccc(C(=O)NC(=S)N2CCN(c3c(F)c(F)c(Cl)c(F)c3F)CC2)cc1C. The molecule has 0 saturated carbocycles. The maximum atomic E-state index is 14.2. The number of nitrogens with zero attached hydrogens (tertiary/aromatic N) is 2. The highest BCUT2D eigenvalue weighted by Gasteiger charge is 2.30. The van der Waals surface area contributed by atoms with Gasteiger partial charge < -0.3 is 9.80 Å². The van der Waals surface area contributed by atoms with Crippen LogP contribution in [0.15, 0.2) is 18.2 Å². The van der Waals surface area contributed by atoms with Crippen LogP contribution < -0.4 is 10.2 Å². The molecule has 0 aliphatic carbocycles. The van der Waals surface area contributed by atoms with Crippen LogP contribution in [0.3, 0.4) is 0 Å². The number of carbonyl (C=O) groups is 1. The van der Waals surface area contributed by atoms with Crippen molar-refractivity contribution in [1.29, 1.82) is 0 Å². The number of carbonyl (C=O) groups excluding carboxylic acids is 1. The van der Waals surface area contributed by atoms with Gasteiger partial charge in [0.1, 0.15) is 10.7 Å². The van der Waals surface area contributed by atoms with Crippen molar-refractivity contribution < 1.29 is 22.4 Å². The predicted molar refractivity (Wildman–Crippen MR) is 111 cm³/mol. The Kier molecular flexibility index (Phi) is 6.52. The van der Waals surface area contributed by atoms with Gasteiger partial charge in [0.25, 0.3) is 5.91 Å². The zero-order valence-electron chi connectivity index (χ0n) is 16.2. The van der Waals surface area contributed by atoms with Crippen LogP contribution in [0.25, 0.3) is 0 Å². The van der Waals surface area contributed by atoms with Gasteiger partial charge >= 0.3 is 0 Å². The largest absolute Gasteiger partial charge is 0.363 e. The molecule has 10 heteroatoms. The van der Waals surface area contributed by atoms with E-state index in [9.17, 15) is 22.4 Å². The number of hydrogen-bond acceptors (Lipinski definition) is 3. The minimum Gasteiger partial charge on any atom is -0.363 e. The summed E-state index contributed by atoms with van der Waals surface area (Å²) in [5.74, 6) is -6.73. The third-order valence-corrected chi connectivity index (χ3v) is 5.75. The molecular formula is C20H18ClF4N3OS. The van der Waals surface area contributed by atoms with Gasteiger partial charge in [0.2, 0.25) is 0 Å². The van der Waals surface area contributed by atoms with Gasteiger partial charge in [-0.15, -0.1) is 0 Å². The Hall–Kier alpha value is -2.39. The smallest absolute Gasteiger partial charge is 0.257 e. The number of piperazine rings is 1. The average molecular weight is 460 g/mol. The lowest BCUT2D eigenvalue weighted by atomic mass is 10.1. The van der Waals surface area contributed by atoms with Crippen molar-refractivity contribution in [2.75, 3.05) is 31.1 Å². The first-order valence-electron chi connectivity index (χ1n) is 9.05. The molecule has 0 aromatic heterocycles. The summed E-state index contributed by atoms with van der Waals surface area (Å²) >= 11 is 10.5. The molecule has 0 bridgehead atoms. The maximum absolute atomic E-state index is 14.2. The van der Waals surface area contributed by atoms with Crippen molar-refractivity contribution >= 4 is 40.5 Å². The Balaban J connectivity index is 1.66. The van der Waals surface area contributed by atoms with E-state index in [-0.39, 0.29) is 37.2 Å². The first kappa shape index (κ1) is 22.3. The van der Waals surface area contributed by atoms with Crippen molar-refractivity contribution in [2.24, 2.45) is 0 Å². The summed E-state index contributed by atoms with van der Waals surface area (Å²) < 4.78 is 55.8. The molecule has 0 spiro atoms. The molecule has 1 fully saturated rings. The predicted octanol–water partition coefficient (Wildman–Crippen LogP) is 4.35. The average Bonchev–Trinajstić information content (AvgIpc) is 2.73. The fourth-order valence-corrected chi connectivity index (χ4v) is 3.58. The number of rotatable bonds is 2. The Morgan fingerprint density at radius 3 is 2.07 bits per heavy atom. The number of aryl methyl sites for hydroxylation is 2. The second-order valence-corrected chi connectivity index (χ2v) is 7.72. The first-order chi connectivity index (χ1) is 14.1. The van der Waals surface area contributed by atoms with E-state index >= 15 is 0 Å². The van der Waals surface area contributed by atoms with Gasteiger partial charge in [0.05, 0.1) is 0 Å². The first-order valence-corrected chi connectivity index (χ1v) is 9.84. The minimum atomic E-state index is -1.64. The standard InChI is InChI=1S/C20H18ClF4N3OS/c1-10-3-4-12(9-11(10)2)19(29)26-20(30)28-7-5-27(6-8-28)18-16(24)14(22)13(21)15(23)17(18)25/h3-4,9H,5-8H2,1-2H3,(H,26,29,30). The number of anilines is 1. The lowest BCUT2D eigenvalue weighted by molar-refractivity contribution is 0.0973. The summed E-state index contributed by atoms with van der Waals surface area (Å²) in [5, 5.41) is 1.57. The maximum Gasteiger partial charge on any atom is 0.257 e. The molecular weight excluding hydrogens is 442 g/mol. The van der Waals surface area contributed by atoms with E-state index in [1.54, 1.807) is 17.0 Å². The second-order valence-electron chi connectivity index (χ2n) is 6.95. The van der Waals surface area contributed by atoms with E-state index in [1.807, 2.05) is 19.9 Å². The van der Waals surface area contributed by atoms with Gasteiger partial charge in [-0.2, -0.15) is 0 Å². The van der Waals surface area contributed by atoms with Crippen LogP contribution in [0.2, 0.25) is 5.02 Å². The molecule has 2 aromatic rings. The van der Waals surface area contributed by atoms with Crippen molar-refractivity contribution in [1.82, 2.24) is 10.2 Å². The number of nitrogens with one attached hydrogen (secondary N) is 1. The topological polar surface area (TPSA) is 35.6 Å². The number of hydrogen-bond donors (Lipinski definition) is 1. The fourth-order valence-electron chi connectivity index (χ4n) is 3.14. The fraction of sp³-hybridized carbons (Fsp3) is 0.300. The molecule has 30 heavy (non-hydrogen) atoms. The van der Waals surface area contributed by atoms with Crippen molar-refractivity contribution in [2.45, 2.75) is 13.8 Å². The highest BCUT2D eigenvalue weighted by atomic mass is 35.5. The summed E-state index contributed by atoms with van der Waals surface area (Å²) in [4.78, 5) is 15.2. The molecule has 3 rings (SSSR count). The number of halogens is 5. The van der Waals surface area contributed by atoms with E-state index in [0.717, 1.165) is 11.1 Å².